The summed E-state index contributed by atoms with van der Waals surface area (Å²) in [6, 6.07) is 5.66. The summed E-state index contributed by atoms with van der Waals surface area (Å²) in [6.07, 6.45) is 0. The minimum absolute atomic E-state index is 0.481. The second-order valence-electron chi connectivity index (χ2n) is 2.35. The van der Waals surface area contributed by atoms with Crippen molar-refractivity contribution in [3.63, 3.8) is 0 Å². The molecule has 0 aromatic heterocycles. The average Bonchev–Trinajstić information content (AvgIpc) is 2.03. The summed E-state index contributed by atoms with van der Waals surface area (Å²) < 4.78 is 0. The summed E-state index contributed by atoms with van der Waals surface area (Å²) in [5.41, 5.74) is 8.35. The number of anilines is 1. The van der Waals surface area contributed by atoms with Gasteiger partial charge in [-0.1, -0.05) is 6.07 Å². The predicted octanol–water partition coefficient (Wildman–Crippen LogP) is 2.75. The largest absolute Gasteiger partial charge is 0.399 e. The van der Waals surface area contributed by atoms with Crippen molar-refractivity contribution in [3.8, 4) is 0 Å². The zero-order chi connectivity index (χ0) is 8.27. The SMILES string of the molecule is Nc1cc(CCl)cc(CCl)c1. The van der Waals surface area contributed by atoms with Crippen LogP contribution in [0.15, 0.2) is 18.2 Å². The third kappa shape index (κ3) is 2.28. The van der Waals surface area contributed by atoms with Gasteiger partial charge in [-0.3, -0.25) is 0 Å². The van der Waals surface area contributed by atoms with Crippen LogP contribution in [0.5, 0.6) is 0 Å². The Morgan fingerprint density at radius 1 is 1.00 bits per heavy atom. The summed E-state index contributed by atoms with van der Waals surface area (Å²) >= 11 is 11.3. The Hall–Kier alpha value is -0.400. The summed E-state index contributed by atoms with van der Waals surface area (Å²) in [5.74, 6) is 0.962. The van der Waals surface area contributed by atoms with Crippen molar-refractivity contribution >= 4 is 28.9 Å². The number of nitrogens with two attached hydrogens (primary N) is 1. The van der Waals surface area contributed by atoms with Crippen LogP contribution in [0.4, 0.5) is 5.69 Å². The molecule has 1 rings (SSSR count). The van der Waals surface area contributed by atoms with Gasteiger partial charge in [-0.25, -0.2) is 0 Å². The van der Waals surface area contributed by atoms with E-state index in [2.05, 4.69) is 0 Å². The van der Waals surface area contributed by atoms with Crippen LogP contribution in [-0.4, -0.2) is 0 Å². The summed E-state index contributed by atoms with van der Waals surface area (Å²) in [6.45, 7) is 0. The van der Waals surface area contributed by atoms with Crippen molar-refractivity contribution in [2.45, 2.75) is 11.8 Å². The van der Waals surface area contributed by atoms with Crippen LogP contribution in [0.3, 0.4) is 0 Å². The number of rotatable bonds is 2. The van der Waals surface area contributed by atoms with Crippen molar-refractivity contribution < 1.29 is 0 Å². The van der Waals surface area contributed by atoms with Crippen molar-refractivity contribution in [2.24, 2.45) is 0 Å². The number of benzene rings is 1. The maximum absolute atomic E-state index is 5.63. The van der Waals surface area contributed by atoms with Gasteiger partial charge in [-0.05, 0) is 23.3 Å². The highest BCUT2D eigenvalue weighted by Crippen LogP contribution is 2.15. The Kier molecular flexibility index (Phi) is 3.03. The number of nitrogen functional groups attached to an aromatic ring is 1. The fourth-order valence-electron chi connectivity index (χ4n) is 0.946. The molecule has 0 atom stereocenters. The smallest absolute Gasteiger partial charge is 0.0474 e. The van der Waals surface area contributed by atoms with Gasteiger partial charge in [0, 0.05) is 17.4 Å². The van der Waals surface area contributed by atoms with E-state index >= 15 is 0 Å². The third-order valence-electron chi connectivity index (χ3n) is 1.38. The molecule has 0 fully saturated rings. The van der Waals surface area contributed by atoms with Gasteiger partial charge in [0.2, 0.25) is 0 Å². The maximum Gasteiger partial charge on any atom is 0.0474 e. The summed E-state index contributed by atoms with van der Waals surface area (Å²) in [5, 5.41) is 0. The lowest BCUT2D eigenvalue weighted by atomic mass is 10.1. The van der Waals surface area contributed by atoms with Gasteiger partial charge in [-0.2, -0.15) is 0 Å². The van der Waals surface area contributed by atoms with Gasteiger partial charge < -0.3 is 5.73 Å². The molecule has 0 aliphatic heterocycles. The fourth-order valence-corrected chi connectivity index (χ4v) is 1.25. The topological polar surface area (TPSA) is 26.0 Å². The highest BCUT2D eigenvalue weighted by Gasteiger charge is 1.96. The molecule has 11 heavy (non-hydrogen) atoms. The van der Waals surface area contributed by atoms with Gasteiger partial charge in [0.25, 0.3) is 0 Å². The first-order valence-corrected chi connectivity index (χ1v) is 4.33. The normalized spacial score (nSPS) is 10.0. The van der Waals surface area contributed by atoms with E-state index in [4.69, 9.17) is 28.9 Å². The molecule has 0 bridgehead atoms. The second-order valence-corrected chi connectivity index (χ2v) is 2.88. The van der Waals surface area contributed by atoms with E-state index in [1.807, 2.05) is 18.2 Å². The van der Waals surface area contributed by atoms with E-state index in [1.165, 1.54) is 0 Å². The number of halogens is 2. The van der Waals surface area contributed by atoms with Gasteiger partial charge in [0.05, 0.1) is 0 Å². The molecular weight excluding hydrogens is 181 g/mol. The Bertz CT molecular complexity index is 226. The Balaban J connectivity index is 3.02. The Labute approximate surface area is 76.1 Å². The van der Waals surface area contributed by atoms with E-state index in [0.717, 1.165) is 16.8 Å². The molecule has 0 unspecified atom stereocenters. The van der Waals surface area contributed by atoms with Crippen molar-refractivity contribution in [3.05, 3.63) is 29.3 Å². The number of hydrogen-bond donors (Lipinski definition) is 1. The first-order chi connectivity index (χ1) is 5.26. The van der Waals surface area contributed by atoms with Crippen molar-refractivity contribution in [2.75, 3.05) is 5.73 Å². The van der Waals surface area contributed by atoms with Gasteiger partial charge in [0.15, 0.2) is 0 Å². The quantitative estimate of drug-likeness (QED) is 0.563. The second kappa shape index (κ2) is 3.84. The first-order valence-electron chi connectivity index (χ1n) is 3.26. The molecule has 0 spiro atoms. The molecule has 1 aromatic carbocycles. The first kappa shape index (κ1) is 8.69. The van der Waals surface area contributed by atoms with Crippen molar-refractivity contribution in [1.82, 2.24) is 0 Å². The molecule has 0 aliphatic rings. The standard InChI is InChI=1S/C8H9Cl2N/c9-4-6-1-7(5-10)3-8(11)2-6/h1-3H,4-5,11H2. The molecule has 1 nitrogen and oxygen atoms in total. The molecular formula is C8H9Cl2N. The minimum Gasteiger partial charge on any atom is -0.399 e. The fraction of sp³-hybridized carbons (Fsp3) is 0.250. The molecule has 0 amide bonds. The Morgan fingerprint density at radius 2 is 1.45 bits per heavy atom. The number of alkyl halides is 2. The molecule has 2 N–H and O–H groups in total. The van der Waals surface area contributed by atoms with Crippen LogP contribution in [0, 0.1) is 0 Å². The third-order valence-corrected chi connectivity index (χ3v) is 2.00. The zero-order valence-corrected chi connectivity index (χ0v) is 7.49. The number of hydrogen-bond acceptors (Lipinski definition) is 1. The minimum atomic E-state index is 0.481. The van der Waals surface area contributed by atoms with E-state index in [-0.39, 0.29) is 0 Å². The lowest BCUT2D eigenvalue weighted by Gasteiger charge is -2.01. The molecule has 0 saturated carbocycles. The Morgan fingerprint density at radius 3 is 1.82 bits per heavy atom. The molecule has 0 heterocycles. The average molecular weight is 190 g/mol. The highest BCUT2D eigenvalue weighted by molar-refractivity contribution is 6.17. The summed E-state index contributed by atoms with van der Waals surface area (Å²) in [7, 11) is 0. The zero-order valence-electron chi connectivity index (χ0n) is 5.98. The van der Waals surface area contributed by atoms with E-state index < -0.39 is 0 Å². The molecule has 3 heteroatoms. The van der Waals surface area contributed by atoms with Crippen LogP contribution in [-0.2, 0) is 11.8 Å². The molecule has 0 aliphatic carbocycles. The van der Waals surface area contributed by atoms with Gasteiger partial charge in [0.1, 0.15) is 0 Å². The maximum atomic E-state index is 5.63. The molecule has 0 saturated heterocycles. The predicted molar refractivity (Wildman–Crippen MR) is 50.0 cm³/mol. The van der Waals surface area contributed by atoms with Crippen LogP contribution in [0.1, 0.15) is 11.1 Å². The lowest BCUT2D eigenvalue weighted by Crippen LogP contribution is -1.90. The molecule has 0 radical (unpaired) electrons. The molecule has 60 valence electrons. The van der Waals surface area contributed by atoms with E-state index in [1.54, 1.807) is 0 Å². The van der Waals surface area contributed by atoms with Crippen LogP contribution < -0.4 is 5.73 Å². The van der Waals surface area contributed by atoms with Crippen LogP contribution in [0.2, 0.25) is 0 Å². The van der Waals surface area contributed by atoms with Crippen molar-refractivity contribution in [1.29, 1.82) is 0 Å². The lowest BCUT2D eigenvalue weighted by molar-refractivity contribution is 1.32. The monoisotopic (exact) mass is 189 g/mol. The van der Waals surface area contributed by atoms with E-state index in [9.17, 15) is 0 Å². The van der Waals surface area contributed by atoms with Gasteiger partial charge in [-0.15, -0.1) is 23.2 Å². The highest BCUT2D eigenvalue weighted by atomic mass is 35.5. The van der Waals surface area contributed by atoms with Crippen LogP contribution >= 0.6 is 23.2 Å². The van der Waals surface area contributed by atoms with Crippen LogP contribution in [0.25, 0.3) is 0 Å². The van der Waals surface area contributed by atoms with E-state index in [0.29, 0.717) is 11.8 Å². The van der Waals surface area contributed by atoms with Gasteiger partial charge >= 0.3 is 0 Å². The molecule has 1 aromatic rings. The summed E-state index contributed by atoms with van der Waals surface area (Å²) in [4.78, 5) is 0.